The number of nitrogens with one attached hydrogen (secondary N) is 1. The van der Waals surface area contributed by atoms with Crippen molar-refractivity contribution in [2.45, 2.75) is 16.5 Å². The highest BCUT2D eigenvalue weighted by molar-refractivity contribution is 7.91. The Labute approximate surface area is 197 Å². The second-order valence-corrected chi connectivity index (χ2v) is 9.37. The highest BCUT2D eigenvalue weighted by Gasteiger charge is 2.30. The average Bonchev–Trinajstić information content (AvgIpc) is 3.33. The smallest absolute Gasteiger partial charge is 0.234 e. The van der Waals surface area contributed by atoms with E-state index in [1.54, 1.807) is 24.3 Å². The predicted molar refractivity (Wildman–Crippen MR) is 125 cm³/mol. The second kappa shape index (κ2) is 9.11. The van der Waals surface area contributed by atoms with E-state index in [0.29, 0.717) is 42.6 Å². The van der Waals surface area contributed by atoms with Crippen LogP contribution in [-0.4, -0.2) is 33.7 Å². The van der Waals surface area contributed by atoms with Crippen molar-refractivity contribution < 1.29 is 27.0 Å². The molecule has 3 aromatic carbocycles. The molecular formula is C25H22N2O6S. The molecule has 0 radical (unpaired) electrons. The van der Waals surface area contributed by atoms with Crippen molar-refractivity contribution in [2.75, 3.05) is 25.6 Å². The lowest BCUT2D eigenvalue weighted by molar-refractivity contribution is 0.171. The van der Waals surface area contributed by atoms with Crippen LogP contribution >= 0.6 is 0 Å². The highest BCUT2D eigenvalue weighted by Crippen LogP contribution is 2.38. The molecule has 0 bridgehead atoms. The molecule has 1 aliphatic rings. The van der Waals surface area contributed by atoms with Gasteiger partial charge in [0, 0.05) is 12.6 Å². The summed E-state index contributed by atoms with van der Waals surface area (Å²) in [6, 6.07) is 21.2. The molecule has 0 unspecified atom stereocenters. The molecule has 0 fully saturated rings. The standard InChI is InChI=1S/C25H22N2O6S/c1-30-20-10-6-5-9-19(20)23-27-25(24(33-23)26-16-17-7-3-2-4-8-17)34(28,29)18-11-12-21-22(15-18)32-14-13-31-21/h2-12,15,26H,13-14,16H2,1H3. The maximum absolute atomic E-state index is 13.7. The molecule has 5 rings (SSSR count). The number of fused-ring (bicyclic) bond motifs is 1. The van der Waals surface area contributed by atoms with Crippen LogP contribution in [0.2, 0.25) is 0 Å². The van der Waals surface area contributed by atoms with Gasteiger partial charge in [-0.05, 0) is 29.8 Å². The van der Waals surface area contributed by atoms with Gasteiger partial charge in [-0.25, -0.2) is 8.42 Å². The zero-order chi connectivity index (χ0) is 23.5. The third kappa shape index (κ3) is 4.17. The van der Waals surface area contributed by atoms with Crippen LogP contribution in [0.3, 0.4) is 0 Å². The van der Waals surface area contributed by atoms with Crippen LogP contribution in [0, 0.1) is 0 Å². The fourth-order valence-electron chi connectivity index (χ4n) is 3.62. The number of methoxy groups -OCH3 is 1. The first-order valence-corrected chi connectivity index (χ1v) is 12.1. The SMILES string of the molecule is COc1ccccc1-c1nc(S(=O)(=O)c2ccc3c(c2)OCCO3)c(NCc2ccccc2)o1. The summed E-state index contributed by atoms with van der Waals surface area (Å²) in [5.41, 5.74) is 1.50. The predicted octanol–water partition coefficient (Wildman–Crippen LogP) is 4.57. The summed E-state index contributed by atoms with van der Waals surface area (Å²) < 4.78 is 49.8. The molecule has 2 heterocycles. The topological polar surface area (TPSA) is 99.9 Å². The first-order valence-electron chi connectivity index (χ1n) is 10.6. The minimum atomic E-state index is -4.06. The summed E-state index contributed by atoms with van der Waals surface area (Å²) in [7, 11) is -2.53. The summed E-state index contributed by atoms with van der Waals surface area (Å²) in [6.07, 6.45) is 0. The van der Waals surface area contributed by atoms with E-state index in [1.807, 2.05) is 36.4 Å². The average molecular weight is 479 g/mol. The van der Waals surface area contributed by atoms with Crippen molar-refractivity contribution in [1.82, 2.24) is 4.98 Å². The molecule has 0 amide bonds. The van der Waals surface area contributed by atoms with E-state index >= 15 is 0 Å². The Hall–Kier alpha value is -3.98. The summed E-state index contributed by atoms with van der Waals surface area (Å²) >= 11 is 0. The minimum absolute atomic E-state index is 0.0272. The molecule has 1 aliphatic heterocycles. The number of hydrogen-bond donors (Lipinski definition) is 1. The lowest BCUT2D eigenvalue weighted by Gasteiger charge is -2.18. The molecule has 0 spiro atoms. The number of anilines is 1. The van der Waals surface area contributed by atoms with Crippen molar-refractivity contribution in [3.63, 3.8) is 0 Å². The van der Waals surface area contributed by atoms with Crippen LogP contribution in [0.1, 0.15) is 5.56 Å². The largest absolute Gasteiger partial charge is 0.496 e. The fraction of sp³-hybridized carbons (Fsp3) is 0.160. The summed E-state index contributed by atoms with van der Waals surface area (Å²) in [4.78, 5) is 4.42. The third-order valence-electron chi connectivity index (χ3n) is 5.31. The van der Waals surface area contributed by atoms with Gasteiger partial charge < -0.3 is 23.9 Å². The Bertz CT molecular complexity index is 1420. The number of nitrogens with zero attached hydrogens (tertiary/aromatic N) is 1. The zero-order valence-corrected chi connectivity index (χ0v) is 19.2. The van der Waals surface area contributed by atoms with Crippen LogP contribution < -0.4 is 19.5 Å². The number of para-hydroxylation sites is 1. The fourth-order valence-corrected chi connectivity index (χ4v) is 4.91. The summed E-state index contributed by atoms with van der Waals surface area (Å²) in [5, 5.41) is 2.87. The number of sulfone groups is 1. The summed E-state index contributed by atoms with van der Waals surface area (Å²) in [5.74, 6) is 1.56. The van der Waals surface area contributed by atoms with Gasteiger partial charge in [-0.1, -0.05) is 42.5 Å². The third-order valence-corrected chi connectivity index (χ3v) is 6.97. The lowest BCUT2D eigenvalue weighted by Crippen LogP contribution is -2.16. The quantitative estimate of drug-likeness (QED) is 0.412. The second-order valence-electron chi connectivity index (χ2n) is 7.50. The molecule has 1 N–H and O–H groups in total. The van der Waals surface area contributed by atoms with Crippen LogP contribution in [0.25, 0.3) is 11.5 Å². The van der Waals surface area contributed by atoms with E-state index in [0.717, 1.165) is 5.56 Å². The van der Waals surface area contributed by atoms with Crippen molar-refractivity contribution in [3.8, 4) is 28.7 Å². The Morgan fingerprint density at radius 2 is 1.68 bits per heavy atom. The van der Waals surface area contributed by atoms with Crippen molar-refractivity contribution in [3.05, 3.63) is 78.4 Å². The van der Waals surface area contributed by atoms with E-state index < -0.39 is 9.84 Å². The Morgan fingerprint density at radius 1 is 0.941 bits per heavy atom. The zero-order valence-electron chi connectivity index (χ0n) is 18.4. The summed E-state index contributed by atoms with van der Waals surface area (Å²) in [6.45, 7) is 1.12. The van der Waals surface area contributed by atoms with E-state index in [9.17, 15) is 8.42 Å². The molecule has 0 aliphatic carbocycles. The van der Waals surface area contributed by atoms with E-state index in [-0.39, 0.29) is 21.7 Å². The van der Waals surface area contributed by atoms with Crippen molar-refractivity contribution >= 4 is 15.7 Å². The first kappa shape index (κ1) is 21.8. The van der Waals surface area contributed by atoms with Crippen LogP contribution in [0.5, 0.6) is 17.2 Å². The van der Waals surface area contributed by atoms with Crippen LogP contribution in [0.4, 0.5) is 5.88 Å². The molecule has 9 heteroatoms. The van der Waals surface area contributed by atoms with E-state index in [1.165, 1.54) is 19.2 Å². The molecule has 1 aromatic heterocycles. The van der Waals surface area contributed by atoms with Gasteiger partial charge in [0.2, 0.25) is 26.6 Å². The van der Waals surface area contributed by atoms with E-state index in [4.69, 9.17) is 18.6 Å². The van der Waals surface area contributed by atoms with Gasteiger partial charge in [0.15, 0.2) is 11.5 Å². The van der Waals surface area contributed by atoms with Gasteiger partial charge >= 0.3 is 0 Å². The normalized spacial score (nSPS) is 12.9. The van der Waals surface area contributed by atoms with Gasteiger partial charge in [0.05, 0.1) is 17.6 Å². The number of ether oxygens (including phenoxy) is 3. The van der Waals surface area contributed by atoms with Gasteiger partial charge in [-0.2, -0.15) is 4.98 Å². The highest BCUT2D eigenvalue weighted by atomic mass is 32.2. The molecule has 34 heavy (non-hydrogen) atoms. The molecule has 0 saturated heterocycles. The number of aromatic nitrogens is 1. The van der Waals surface area contributed by atoms with Crippen molar-refractivity contribution in [2.24, 2.45) is 0 Å². The Morgan fingerprint density at radius 3 is 2.47 bits per heavy atom. The Balaban J connectivity index is 1.58. The van der Waals surface area contributed by atoms with Crippen molar-refractivity contribution in [1.29, 1.82) is 0 Å². The van der Waals surface area contributed by atoms with Crippen LogP contribution in [0.15, 0.2) is 87.1 Å². The molecule has 174 valence electrons. The maximum atomic E-state index is 13.7. The Kier molecular flexibility index (Phi) is 5.85. The first-order chi connectivity index (χ1) is 16.6. The van der Waals surface area contributed by atoms with Gasteiger partial charge in [0.1, 0.15) is 19.0 Å². The van der Waals surface area contributed by atoms with E-state index in [2.05, 4.69) is 10.3 Å². The monoisotopic (exact) mass is 478 g/mol. The lowest BCUT2D eigenvalue weighted by atomic mass is 10.2. The number of benzene rings is 3. The number of hydrogen-bond acceptors (Lipinski definition) is 8. The number of rotatable bonds is 7. The molecular weight excluding hydrogens is 456 g/mol. The van der Waals surface area contributed by atoms with Gasteiger partial charge in [-0.3, -0.25) is 0 Å². The minimum Gasteiger partial charge on any atom is -0.496 e. The molecule has 4 aromatic rings. The maximum Gasteiger partial charge on any atom is 0.234 e. The molecule has 8 nitrogen and oxygen atoms in total. The molecule has 0 saturated carbocycles. The van der Waals surface area contributed by atoms with Gasteiger partial charge in [-0.15, -0.1) is 0 Å². The van der Waals surface area contributed by atoms with Gasteiger partial charge in [0.25, 0.3) is 0 Å². The number of oxazole rings is 1. The van der Waals surface area contributed by atoms with Crippen LogP contribution in [-0.2, 0) is 16.4 Å². The molecule has 0 atom stereocenters.